The van der Waals surface area contributed by atoms with Crippen molar-refractivity contribution in [2.75, 3.05) is 6.54 Å². The predicted molar refractivity (Wildman–Crippen MR) is 107 cm³/mol. The topological polar surface area (TPSA) is 136 Å². The molecule has 0 aliphatic heterocycles. The molecule has 5 saturated carbocycles. The average molecular weight is 436 g/mol. The van der Waals surface area contributed by atoms with E-state index < -0.39 is 15.4 Å². The highest BCUT2D eigenvalue weighted by Gasteiger charge is 2.59. The SMILES string of the molecule is Cn1nccc1S(=O)(=O)NCC1(C(=O)NC2C3CC4CC2CC(C(N)=O)(C4)C3)CC1. The molecule has 1 aromatic heterocycles. The minimum Gasteiger partial charge on any atom is -0.369 e. The Kier molecular flexibility index (Phi) is 4.35. The van der Waals surface area contributed by atoms with Crippen LogP contribution in [-0.2, 0) is 26.7 Å². The van der Waals surface area contributed by atoms with Gasteiger partial charge in [0.1, 0.15) is 0 Å². The largest absolute Gasteiger partial charge is 0.369 e. The van der Waals surface area contributed by atoms with Crippen LogP contribution in [0, 0.1) is 28.6 Å². The number of nitrogens with zero attached hydrogens (tertiary/aromatic N) is 2. The van der Waals surface area contributed by atoms with Crippen molar-refractivity contribution >= 4 is 21.8 Å². The maximum Gasteiger partial charge on any atom is 0.257 e. The lowest BCUT2D eigenvalue weighted by Gasteiger charge is -2.59. The number of aryl methyl sites for hydroxylation is 1. The Morgan fingerprint density at radius 1 is 1.23 bits per heavy atom. The van der Waals surface area contributed by atoms with Gasteiger partial charge in [-0.3, -0.25) is 14.3 Å². The van der Waals surface area contributed by atoms with Crippen LogP contribution in [0.25, 0.3) is 0 Å². The maximum atomic E-state index is 13.1. The molecule has 1 aromatic rings. The second kappa shape index (κ2) is 6.53. The van der Waals surface area contributed by atoms with Gasteiger partial charge in [-0.1, -0.05) is 0 Å². The fourth-order valence-electron chi connectivity index (χ4n) is 6.43. The molecule has 10 heteroatoms. The van der Waals surface area contributed by atoms with E-state index in [9.17, 15) is 18.0 Å². The van der Waals surface area contributed by atoms with Gasteiger partial charge in [-0.2, -0.15) is 5.10 Å². The molecule has 0 aromatic carbocycles. The lowest BCUT2D eigenvalue weighted by molar-refractivity contribution is -0.148. The van der Waals surface area contributed by atoms with Gasteiger partial charge in [-0.15, -0.1) is 0 Å². The molecular weight excluding hydrogens is 406 g/mol. The van der Waals surface area contributed by atoms with E-state index in [1.165, 1.54) is 16.9 Å². The van der Waals surface area contributed by atoms with Crippen molar-refractivity contribution < 1.29 is 18.0 Å². The molecular formula is C20H29N5O4S. The third-order valence-corrected chi connectivity index (χ3v) is 9.56. The van der Waals surface area contributed by atoms with Crippen LogP contribution in [0.4, 0.5) is 0 Å². The number of hydrogen-bond acceptors (Lipinski definition) is 5. The lowest BCUT2D eigenvalue weighted by Crippen LogP contribution is -2.62. The molecule has 4 N–H and O–H groups in total. The number of amides is 2. The summed E-state index contributed by atoms with van der Waals surface area (Å²) < 4.78 is 29.0. The van der Waals surface area contributed by atoms with Crippen LogP contribution in [0.5, 0.6) is 0 Å². The average Bonchev–Trinajstić information content (AvgIpc) is 3.35. The predicted octanol–water partition coefficient (Wildman–Crippen LogP) is 0.275. The van der Waals surface area contributed by atoms with Crippen molar-refractivity contribution in [1.82, 2.24) is 19.8 Å². The Bertz CT molecular complexity index is 983. The van der Waals surface area contributed by atoms with E-state index in [2.05, 4.69) is 15.1 Å². The first-order valence-corrected chi connectivity index (χ1v) is 12.2. The molecule has 5 aliphatic rings. The van der Waals surface area contributed by atoms with Gasteiger partial charge in [0.25, 0.3) is 10.0 Å². The number of carbonyl (C=O) groups is 2. The fraction of sp³-hybridized carbons (Fsp3) is 0.750. The van der Waals surface area contributed by atoms with E-state index in [1.54, 1.807) is 7.05 Å². The number of hydrogen-bond donors (Lipinski definition) is 3. The summed E-state index contributed by atoms with van der Waals surface area (Å²) in [5.74, 6) is 0.851. The second-order valence-corrected chi connectivity index (χ2v) is 11.7. The molecule has 6 rings (SSSR count). The van der Waals surface area contributed by atoms with Crippen LogP contribution < -0.4 is 15.8 Å². The first-order valence-electron chi connectivity index (χ1n) is 10.7. The van der Waals surface area contributed by atoms with Crippen LogP contribution >= 0.6 is 0 Å². The maximum absolute atomic E-state index is 13.1. The van der Waals surface area contributed by atoms with Gasteiger partial charge >= 0.3 is 0 Å². The third kappa shape index (κ3) is 3.07. The van der Waals surface area contributed by atoms with E-state index in [4.69, 9.17) is 5.73 Å². The van der Waals surface area contributed by atoms with Gasteiger partial charge in [0, 0.05) is 25.0 Å². The molecule has 5 fully saturated rings. The Morgan fingerprint density at radius 2 is 1.90 bits per heavy atom. The first kappa shape index (κ1) is 20.0. The number of sulfonamides is 1. The van der Waals surface area contributed by atoms with Crippen molar-refractivity contribution in [2.45, 2.75) is 56.0 Å². The molecule has 0 saturated heterocycles. The summed E-state index contributed by atoms with van der Waals surface area (Å²) in [5.41, 5.74) is 4.69. The van der Waals surface area contributed by atoms with Gasteiger partial charge in [-0.05, 0) is 68.8 Å². The monoisotopic (exact) mass is 435 g/mol. The van der Waals surface area contributed by atoms with E-state index >= 15 is 0 Å². The van der Waals surface area contributed by atoms with Crippen molar-refractivity contribution in [3.63, 3.8) is 0 Å². The standard InChI is InChI=1S/C20H29N5O4S/c1-25-15(2-5-22-25)30(28,29)23-11-19(3-4-19)18(27)24-16-13-6-12-7-14(16)10-20(8-12,9-13)17(21)26/h2,5,12-14,16,23H,3-4,6-11H2,1H3,(H2,21,26)(H,24,27). The van der Waals surface area contributed by atoms with Crippen LogP contribution in [0.3, 0.4) is 0 Å². The van der Waals surface area contributed by atoms with Gasteiger partial charge in [0.15, 0.2) is 5.03 Å². The molecule has 30 heavy (non-hydrogen) atoms. The Hall–Kier alpha value is -1.94. The van der Waals surface area contributed by atoms with Gasteiger partial charge in [0.05, 0.1) is 11.6 Å². The summed E-state index contributed by atoms with van der Waals surface area (Å²) in [6.07, 6.45) is 7.27. The number of aromatic nitrogens is 2. The molecule has 2 atom stereocenters. The van der Waals surface area contributed by atoms with Gasteiger partial charge in [0.2, 0.25) is 11.8 Å². The summed E-state index contributed by atoms with van der Waals surface area (Å²) in [7, 11) is -2.15. The molecule has 2 amide bonds. The summed E-state index contributed by atoms with van der Waals surface area (Å²) in [6, 6.07) is 1.50. The minimum atomic E-state index is -3.72. The molecule has 9 nitrogen and oxygen atoms in total. The summed E-state index contributed by atoms with van der Waals surface area (Å²) in [6.45, 7) is 0.0856. The smallest absolute Gasteiger partial charge is 0.257 e. The molecule has 0 radical (unpaired) electrons. The molecule has 2 unspecified atom stereocenters. The van der Waals surface area contributed by atoms with Crippen LogP contribution in [0.1, 0.15) is 44.9 Å². The molecule has 5 aliphatic carbocycles. The Labute approximate surface area is 176 Å². The number of carbonyl (C=O) groups excluding carboxylic acids is 2. The lowest BCUT2D eigenvalue weighted by atomic mass is 9.47. The van der Waals surface area contributed by atoms with Crippen LogP contribution in [0.15, 0.2) is 17.3 Å². The minimum absolute atomic E-state index is 0.0627. The highest BCUT2D eigenvalue weighted by molar-refractivity contribution is 7.89. The normalized spacial score (nSPS) is 35.9. The fourth-order valence-corrected chi connectivity index (χ4v) is 7.68. The van der Waals surface area contributed by atoms with Gasteiger partial charge in [-0.25, -0.2) is 13.1 Å². The van der Waals surface area contributed by atoms with E-state index in [0.29, 0.717) is 18.8 Å². The van der Waals surface area contributed by atoms with E-state index in [0.717, 1.165) is 32.1 Å². The van der Waals surface area contributed by atoms with Gasteiger partial charge < -0.3 is 11.1 Å². The van der Waals surface area contributed by atoms with Crippen molar-refractivity contribution in [1.29, 1.82) is 0 Å². The zero-order chi connectivity index (χ0) is 21.3. The Balaban J connectivity index is 1.25. The van der Waals surface area contributed by atoms with Crippen LogP contribution in [-0.4, -0.2) is 42.6 Å². The summed E-state index contributed by atoms with van der Waals surface area (Å²) in [4.78, 5) is 25.3. The number of rotatable bonds is 7. The van der Waals surface area contributed by atoms with Crippen molar-refractivity contribution in [3.8, 4) is 0 Å². The zero-order valence-electron chi connectivity index (χ0n) is 17.1. The number of primary amides is 1. The van der Waals surface area contributed by atoms with E-state index in [-0.39, 0.29) is 46.7 Å². The molecule has 164 valence electrons. The second-order valence-electron chi connectivity index (χ2n) is 10.0. The first-order chi connectivity index (χ1) is 14.1. The highest BCUT2D eigenvalue weighted by atomic mass is 32.2. The number of nitrogens with two attached hydrogens (primary N) is 1. The summed E-state index contributed by atoms with van der Waals surface area (Å²) in [5, 5.41) is 7.24. The molecule has 1 heterocycles. The Morgan fingerprint density at radius 3 is 2.43 bits per heavy atom. The molecule has 0 spiro atoms. The van der Waals surface area contributed by atoms with Crippen molar-refractivity contribution in [2.24, 2.45) is 41.4 Å². The molecule has 4 bridgehead atoms. The highest BCUT2D eigenvalue weighted by Crippen LogP contribution is 2.60. The zero-order valence-corrected chi connectivity index (χ0v) is 18.0. The van der Waals surface area contributed by atoms with Crippen molar-refractivity contribution in [3.05, 3.63) is 12.3 Å². The van der Waals surface area contributed by atoms with E-state index in [1.807, 2.05) is 0 Å². The summed E-state index contributed by atoms with van der Waals surface area (Å²) >= 11 is 0. The number of nitrogens with one attached hydrogen (secondary N) is 2. The quantitative estimate of drug-likeness (QED) is 0.565. The van der Waals surface area contributed by atoms with Crippen LogP contribution in [0.2, 0.25) is 0 Å². The third-order valence-electron chi connectivity index (χ3n) is 8.08.